The van der Waals surface area contributed by atoms with Gasteiger partial charge in [0.2, 0.25) is 5.91 Å². The number of fused-ring (bicyclic) bond motifs is 1. The molecular weight excluding hydrogens is 669 g/mol. The van der Waals surface area contributed by atoms with Crippen LogP contribution in [0.1, 0.15) is 78.1 Å². The summed E-state index contributed by atoms with van der Waals surface area (Å²) < 4.78 is 9.20. The highest BCUT2D eigenvalue weighted by atomic mass is 32.2. The van der Waals surface area contributed by atoms with Crippen molar-refractivity contribution in [2.24, 2.45) is 0 Å². The van der Waals surface area contributed by atoms with E-state index in [9.17, 15) is 4.79 Å². The summed E-state index contributed by atoms with van der Waals surface area (Å²) in [5.74, 6) is 2.17. The number of nitrogens with zero attached hydrogens (tertiary/aromatic N) is 4. The van der Waals surface area contributed by atoms with Crippen molar-refractivity contribution in [3.05, 3.63) is 97.3 Å². The van der Waals surface area contributed by atoms with Gasteiger partial charge in [-0.2, -0.15) is 5.10 Å². The Bertz CT molecular complexity index is 1760. The lowest BCUT2D eigenvalue weighted by Gasteiger charge is -2.25. The number of nitrogens with one attached hydrogen (secondary N) is 2. The molecule has 1 amide bonds. The summed E-state index contributed by atoms with van der Waals surface area (Å²) in [6.07, 6.45) is 17.4. The predicted molar refractivity (Wildman–Crippen MR) is 216 cm³/mol. The molecule has 6 N–H and O–H groups in total. The number of benzene rings is 3. The van der Waals surface area contributed by atoms with Crippen molar-refractivity contribution >= 4 is 40.4 Å². The number of H-pyrrole nitrogens is 1. The van der Waals surface area contributed by atoms with Gasteiger partial charge >= 0.3 is 0 Å². The average molecular weight is 723 g/mol. The zero-order valence-corrected chi connectivity index (χ0v) is 31.4. The minimum atomic E-state index is 0.207. The van der Waals surface area contributed by atoms with Crippen LogP contribution in [0.5, 0.6) is 11.5 Å². The number of unbranched alkanes of at least 4 members (excludes halogenated alkanes) is 6. The third kappa shape index (κ3) is 13.4. The molecule has 3 aromatic carbocycles. The molecule has 0 bridgehead atoms. The number of rotatable bonds is 15. The molecule has 276 valence electrons. The van der Waals surface area contributed by atoms with Crippen LogP contribution in [-0.2, 0) is 4.79 Å². The van der Waals surface area contributed by atoms with E-state index >= 15 is 0 Å². The van der Waals surface area contributed by atoms with Crippen molar-refractivity contribution < 1.29 is 9.53 Å². The van der Waals surface area contributed by atoms with E-state index in [-0.39, 0.29) is 5.91 Å². The third-order valence-corrected chi connectivity index (χ3v) is 9.26. The standard InChI is InChI=1S/C22H35N3OS.C17H13N5O.C2H6/c23-20-13-15-21(16-14-20)27-24-17-9-6-4-2-1-3-5-8-12-22(26)25-18-10-7-11-19-25;18-16-14-15(21-22-17(14)20-10-19-16)11-6-8-13(9-7-11)23-12-4-2-1-3-5-12;1-2/h8,12-16,24H,1-7,9-11,17-19,23H2;1-10H,(H3,18,19,20,21,22);1-2H3/b12-8+;;. The van der Waals surface area contributed by atoms with Crippen LogP contribution in [0.4, 0.5) is 11.5 Å². The second kappa shape index (κ2) is 22.8. The Morgan fingerprint density at radius 1 is 0.846 bits per heavy atom. The number of ether oxygens (including phenoxy) is 1. The molecule has 5 aromatic rings. The smallest absolute Gasteiger partial charge is 0.246 e. The van der Waals surface area contributed by atoms with Gasteiger partial charge in [0, 0.05) is 35.8 Å². The summed E-state index contributed by atoms with van der Waals surface area (Å²) in [6, 6.07) is 25.3. The number of carbonyl (C=O) groups is 1. The summed E-state index contributed by atoms with van der Waals surface area (Å²) >= 11 is 1.67. The van der Waals surface area contributed by atoms with Crippen LogP contribution in [0.2, 0.25) is 0 Å². The van der Waals surface area contributed by atoms with Crippen molar-refractivity contribution in [1.29, 1.82) is 0 Å². The molecule has 1 saturated heterocycles. The largest absolute Gasteiger partial charge is 0.457 e. The first-order valence-corrected chi connectivity index (χ1v) is 19.4. The quantitative estimate of drug-likeness (QED) is 0.0359. The van der Waals surface area contributed by atoms with Crippen LogP contribution < -0.4 is 20.9 Å². The minimum absolute atomic E-state index is 0.207. The number of nitrogens with two attached hydrogens (primary N) is 2. The molecule has 0 radical (unpaired) electrons. The zero-order chi connectivity index (χ0) is 36.8. The molecule has 1 fully saturated rings. The Kier molecular flexibility index (Phi) is 17.5. The molecule has 2 aromatic heterocycles. The topological polar surface area (TPSA) is 148 Å². The highest BCUT2D eigenvalue weighted by molar-refractivity contribution is 7.97. The number of aromatic amines is 1. The normalized spacial score (nSPS) is 12.5. The van der Waals surface area contributed by atoms with Crippen LogP contribution in [0, 0.1) is 0 Å². The van der Waals surface area contributed by atoms with Crippen molar-refractivity contribution in [2.75, 3.05) is 31.1 Å². The van der Waals surface area contributed by atoms with E-state index in [1.807, 2.05) is 97.6 Å². The number of hydrogen-bond donors (Lipinski definition) is 4. The Balaban J connectivity index is 0.000000224. The third-order valence-electron chi connectivity index (χ3n) is 8.40. The lowest BCUT2D eigenvalue weighted by atomic mass is 10.1. The zero-order valence-electron chi connectivity index (χ0n) is 30.6. The summed E-state index contributed by atoms with van der Waals surface area (Å²) in [4.78, 5) is 23.3. The van der Waals surface area contributed by atoms with Crippen LogP contribution in [0.25, 0.3) is 22.3 Å². The number of amides is 1. The fraction of sp³-hybridized carbons (Fsp3) is 0.366. The van der Waals surface area contributed by atoms with E-state index < -0.39 is 0 Å². The molecule has 1 aliphatic heterocycles. The van der Waals surface area contributed by atoms with E-state index in [2.05, 4.69) is 31.0 Å². The maximum atomic E-state index is 12.0. The first-order chi connectivity index (χ1) is 25.6. The maximum absolute atomic E-state index is 12.0. The van der Waals surface area contributed by atoms with E-state index in [1.165, 1.54) is 56.2 Å². The molecule has 52 heavy (non-hydrogen) atoms. The van der Waals surface area contributed by atoms with Gasteiger partial charge < -0.3 is 21.1 Å². The number of hydrogen-bond acceptors (Lipinski definition) is 9. The molecule has 0 saturated carbocycles. The van der Waals surface area contributed by atoms with Crippen LogP contribution in [0.15, 0.2) is 102 Å². The van der Waals surface area contributed by atoms with Gasteiger partial charge in [-0.3, -0.25) is 14.6 Å². The van der Waals surface area contributed by atoms with E-state index in [4.69, 9.17) is 16.2 Å². The van der Waals surface area contributed by atoms with Gasteiger partial charge in [-0.25, -0.2) is 9.97 Å². The summed E-state index contributed by atoms with van der Waals surface area (Å²) in [5, 5.41) is 7.85. The predicted octanol–water partition coefficient (Wildman–Crippen LogP) is 9.59. The SMILES string of the molecule is CC.Nc1ccc(SNCCCCCCCC/C=C/C(=O)N2CCCCC2)cc1.Nc1ncnc2n[nH]c(-c3ccc(Oc4ccccc4)cc3)c12. The Hall–Kier alpha value is -4.87. The van der Waals surface area contributed by atoms with Gasteiger partial charge in [-0.1, -0.05) is 63.8 Å². The fourth-order valence-electron chi connectivity index (χ4n) is 5.64. The van der Waals surface area contributed by atoms with E-state index in [1.54, 1.807) is 18.0 Å². The number of aromatic nitrogens is 4. The van der Waals surface area contributed by atoms with Gasteiger partial charge in [-0.15, -0.1) is 0 Å². The number of likely N-dealkylation sites (tertiary alicyclic amines) is 1. The molecule has 11 heteroatoms. The number of carbonyl (C=O) groups excluding carboxylic acids is 1. The molecular formula is C41H54N8O2S. The molecule has 0 spiro atoms. The molecule has 0 aliphatic carbocycles. The number of anilines is 2. The van der Waals surface area contributed by atoms with Gasteiger partial charge in [0.1, 0.15) is 23.6 Å². The maximum Gasteiger partial charge on any atom is 0.246 e. The lowest BCUT2D eigenvalue weighted by molar-refractivity contribution is -0.126. The number of piperidine rings is 1. The van der Waals surface area contributed by atoms with E-state index in [0.717, 1.165) is 72.7 Å². The van der Waals surface area contributed by atoms with Gasteiger partial charge in [0.05, 0.1) is 11.1 Å². The Morgan fingerprint density at radius 3 is 2.25 bits per heavy atom. The molecule has 0 atom stereocenters. The van der Waals surface area contributed by atoms with Crippen molar-refractivity contribution in [3.63, 3.8) is 0 Å². The first-order valence-electron chi connectivity index (χ1n) is 18.6. The number of nitrogen functional groups attached to an aromatic ring is 2. The summed E-state index contributed by atoms with van der Waals surface area (Å²) in [7, 11) is 0. The highest BCUT2D eigenvalue weighted by Crippen LogP contribution is 2.30. The van der Waals surface area contributed by atoms with Crippen molar-refractivity contribution in [2.45, 2.75) is 83.0 Å². The Labute approximate surface area is 313 Å². The van der Waals surface area contributed by atoms with Gasteiger partial charge in [-0.05, 0) is 117 Å². The van der Waals surface area contributed by atoms with Crippen LogP contribution in [0.3, 0.4) is 0 Å². The van der Waals surface area contributed by atoms with Crippen LogP contribution in [-0.4, -0.2) is 50.6 Å². The average Bonchev–Trinajstić information content (AvgIpc) is 3.64. The number of allylic oxidation sites excluding steroid dienone is 1. The van der Waals surface area contributed by atoms with Crippen molar-refractivity contribution in [3.8, 4) is 22.8 Å². The number of para-hydroxylation sites is 1. The van der Waals surface area contributed by atoms with Crippen LogP contribution >= 0.6 is 11.9 Å². The molecule has 3 heterocycles. The molecule has 10 nitrogen and oxygen atoms in total. The molecule has 1 aliphatic rings. The monoisotopic (exact) mass is 722 g/mol. The minimum Gasteiger partial charge on any atom is -0.457 e. The molecule has 6 rings (SSSR count). The first kappa shape index (κ1) is 39.9. The fourth-order valence-corrected chi connectivity index (χ4v) is 6.33. The summed E-state index contributed by atoms with van der Waals surface area (Å²) in [6.45, 7) is 6.92. The second-order valence-corrected chi connectivity index (χ2v) is 13.2. The van der Waals surface area contributed by atoms with Gasteiger partial charge in [0.15, 0.2) is 5.65 Å². The molecule has 0 unspecified atom stereocenters. The van der Waals surface area contributed by atoms with E-state index in [0.29, 0.717) is 11.5 Å². The van der Waals surface area contributed by atoms with Crippen molar-refractivity contribution in [1.82, 2.24) is 29.8 Å². The van der Waals surface area contributed by atoms with Gasteiger partial charge in [0.25, 0.3) is 0 Å². The summed E-state index contributed by atoms with van der Waals surface area (Å²) in [5.41, 5.74) is 14.7. The highest BCUT2D eigenvalue weighted by Gasteiger charge is 2.14. The lowest BCUT2D eigenvalue weighted by Crippen LogP contribution is -2.34. The Morgan fingerprint density at radius 2 is 1.52 bits per heavy atom. The second-order valence-electron chi connectivity index (χ2n) is 12.3.